The number of unbranched alkanes of at least 4 members (excludes halogenated alkanes) is 13. The van der Waals surface area contributed by atoms with E-state index in [1.54, 1.807) is 12.1 Å². The van der Waals surface area contributed by atoms with Gasteiger partial charge in [-0.05, 0) is 12.5 Å². The quantitative estimate of drug-likeness (QED) is 0.287. The zero-order valence-corrected chi connectivity index (χ0v) is 16.2. The highest BCUT2D eigenvalue weighted by atomic mass is 16.4. The van der Waals surface area contributed by atoms with E-state index in [4.69, 9.17) is 5.11 Å². The predicted octanol–water partition coefficient (Wildman–Crippen LogP) is 6.15. The molecule has 0 aliphatic rings. The van der Waals surface area contributed by atoms with Gasteiger partial charge in [0.05, 0.1) is 0 Å². The zero-order valence-electron chi connectivity index (χ0n) is 16.2. The number of hydrogen-bond acceptors (Lipinski definition) is 1. The maximum atomic E-state index is 11.1. The first-order chi connectivity index (χ1) is 12.3. The molecule has 0 aliphatic heterocycles. The Balaban J connectivity index is 1.90. The van der Waals surface area contributed by atoms with Gasteiger partial charge in [0, 0.05) is 18.6 Å². The first-order valence-corrected chi connectivity index (χ1v) is 10.5. The molecule has 0 radical (unpaired) electrons. The molecule has 1 aromatic rings. The van der Waals surface area contributed by atoms with Crippen molar-refractivity contribution in [3.8, 4) is 0 Å². The lowest BCUT2D eigenvalue weighted by Crippen LogP contribution is -2.40. The molecular formula is C22H38NO2+. The standard InChI is InChI=1S/C22H37NO2/c1-2-3-4-5-6-7-8-9-10-11-12-13-14-16-19-23-20-17-15-18-21(23)22(24)25/h15,17-18,20H,2-14,16,19H2,1H3/p+1. The summed E-state index contributed by atoms with van der Waals surface area (Å²) in [7, 11) is 0. The average Bonchev–Trinajstić information content (AvgIpc) is 2.62. The molecule has 1 heterocycles. The SMILES string of the molecule is CCCCCCCCCCCCCCCC[n+]1ccccc1C(=O)O. The van der Waals surface area contributed by atoms with Crippen LogP contribution in [0.5, 0.6) is 0 Å². The van der Waals surface area contributed by atoms with Gasteiger partial charge in [-0.1, -0.05) is 84.0 Å². The Bertz CT molecular complexity index is 459. The Labute approximate surface area is 154 Å². The average molecular weight is 349 g/mol. The van der Waals surface area contributed by atoms with Crippen molar-refractivity contribution >= 4 is 5.97 Å². The summed E-state index contributed by atoms with van der Waals surface area (Å²) in [6.07, 6.45) is 20.7. The lowest BCUT2D eigenvalue weighted by Gasteiger charge is -2.03. The molecule has 3 nitrogen and oxygen atoms in total. The Morgan fingerprint density at radius 3 is 1.76 bits per heavy atom. The van der Waals surface area contributed by atoms with E-state index in [1.807, 2.05) is 16.8 Å². The number of pyridine rings is 1. The largest absolute Gasteiger partial charge is 0.473 e. The first kappa shape index (κ1) is 21.7. The second-order valence-electron chi connectivity index (χ2n) is 7.18. The molecule has 0 saturated carbocycles. The third kappa shape index (κ3) is 11.0. The zero-order chi connectivity index (χ0) is 18.2. The summed E-state index contributed by atoms with van der Waals surface area (Å²) in [5.74, 6) is -0.842. The normalized spacial score (nSPS) is 10.9. The summed E-state index contributed by atoms with van der Waals surface area (Å²) in [5.41, 5.74) is 0.386. The van der Waals surface area contributed by atoms with E-state index in [0.717, 1.165) is 13.0 Å². The van der Waals surface area contributed by atoms with Gasteiger partial charge in [0.15, 0.2) is 6.20 Å². The molecule has 0 saturated heterocycles. The van der Waals surface area contributed by atoms with E-state index in [0.29, 0.717) is 5.69 Å². The smallest absolute Gasteiger partial charge is 0.401 e. The molecular weight excluding hydrogens is 310 g/mol. The number of rotatable bonds is 16. The van der Waals surface area contributed by atoms with Crippen LogP contribution >= 0.6 is 0 Å². The molecule has 25 heavy (non-hydrogen) atoms. The Morgan fingerprint density at radius 1 is 0.800 bits per heavy atom. The highest BCUT2D eigenvalue weighted by molar-refractivity contribution is 5.83. The minimum absolute atomic E-state index is 0.386. The summed E-state index contributed by atoms with van der Waals surface area (Å²) >= 11 is 0. The molecule has 1 N–H and O–H groups in total. The molecule has 1 aromatic heterocycles. The number of hydrogen-bond donors (Lipinski definition) is 1. The molecule has 1 rings (SSSR count). The topological polar surface area (TPSA) is 41.2 Å². The molecule has 0 fully saturated rings. The number of aryl methyl sites for hydroxylation is 1. The number of carboxylic acid groups (broad SMARTS) is 1. The van der Waals surface area contributed by atoms with Gasteiger partial charge in [-0.3, -0.25) is 0 Å². The highest BCUT2D eigenvalue weighted by Crippen LogP contribution is 2.12. The van der Waals surface area contributed by atoms with Crippen LogP contribution < -0.4 is 4.57 Å². The van der Waals surface area contributed by atoms with Crippen molar-refractivity contribution in [1.82, 2.24) is 0 Å². The van der Waals surface area contributed by atoms with Crippen LogP contribution in [0.1, 0.15) is 107 Å². The molecule has 0 spiro atoms. The second-order valence-corrected chi connectivity index (χ2v) is 7.18. The Hall–Kier alpha value is -1.38. The van der Waals surface area contributed by atoms with Crippen molar-refractivity contribution in [2.24, 2.45) is 0 Å². The maximum Gasteiger partial charge on any atom is 0.401 e. The lowest BCUT2D eigenvalue weighted by atomic mass is 10.0. The molecule has 142 valence electrons. The molecule has 0 aliphatic carbocycles. The van der Waals surface area contributed by atoms with Crippen LogP contribution in [-0.4, -0.2) is 11.1 Å². The number of carboxylic acids is 1. The van der Waals surface area contributed by atoms with Crippen LogP contribution in [0, 0.1) is 0 Å². The van der Waals surface area contributed by atoms with Crippen molar-refractivity contribution in [2.45, 2.75) is 103 Å². The van der Waals surface area contributed by atoms with Crippen molar-refractivity contribution in [2.75, 3.05) is 0 Å². The van der Waals surface area contributed by atoms with E-state index in [2.05, 4.69) is 6.92 Å². The van der Waals surface area contributed by atoms with Crippen molar-refractivity contribution < 1.29 is 14.5 Å². The summed E-state index contributed by atoms with van der Waals surface area (Å²) in [4.78, 5) is 11.1. The number of aromatic nitrogens is 1. The second kappa shape index (κ2) is 14.9. The Kier molecular flexibility index (Phi) is 12.9. The number of aromatic carboxylic acids is 1. The minimum atomic E-state index is -0.842. The fourth-order valence-corrected chi connectivity index (χ4v) is 3.34. The molecule has 0 unspecified atom stereocenters. The molecule has 0 atom stereocenters. The van der Waals surface area contributed by atoms with Gasteiger partial charge in [-0.2, -0.15) is 4.57 Å². The van der Waals surface area contributed by atoms with Gasteiger partial charge in [0.2, 0.25) is 0 Å². The first-order valence-electron chi connectivity index (χ1n) is 10.5. The van der Waals surface area contributed by atoms with Crippen LogP contribution in [0.2, 0.25) is 0 Å². The minimum Gasteiger partial charge on any atom is -0.473 e. The van der Waals surface area contributed by atoms with Gasteiger partial charge < -0.3 is 5.11 Å². The maximum absolute atomic E-state index is 11.1. The van der Waals surface area contributed by atoms with Gasteiger partial charge in [0.25, 0.3) is 5.69 Å². The van der Waals surface area contributed by atoms with E-state index in [9.17, 15) is 4.79 Å². The van der Waals surface area contributed by atoms with Crippen molar-refractivity contribution in [1.29, 1.82) is 0 Å². The van der Waals surface area contributed by atoms with E-state index < -0.39 is 5.97 Å². The number of nitrogens with zero attached hydrogens (tertiary/aromatic N) is 1. The Morgan fingerprint density at radius 2 is 1.28 bits per heavy atom. The van der Waals surface area contributed by atoms with E-state index >= 15 is 0 Å². The van der Waals surface area contributed by atoms with Crippen molar-refractivity contribution in [3.63, 3.8) is 0 Å². The predicted molar refractivity (Wildman–Crippen MR) is 104 cm³/mol. The monoisotopic (exact) mass is 348 g/mol. The van der Waals surface area contributed by atoms with Gasteiger partial charge in [0.1, 0.15) is 6.54 Å². The summed E-state index contributed by atoms with van der Waals surface area (Å²) in [5, 5.41) is 9.16. The van der Waals surface area contributed by atoms with Gasteiger partial charge >= 0.3 is 5.97 Å². The van der Waals surface area contributed by atoms with E-state index in [-0.39, 0.29) is 0 Å². The van der Waals surface area contributed by atoms with Crippen molar-refractivity contribution in [3.05, 3.63) is 30.1 Å². The molecule has 0 amide bonds. The summed E-state index contributed by atoms with van der Waals surface area (Å²) in [6.45, 7) is 3.08. The van der Waals surface area contributed by atoms with E-state index in [1.165, 1.54) is 83.5 Å². The molecule has 0 bridgehead atoms. The fraction of sp³-hybridized carbons (Fsp3) is 0.727. The van der Waals surface area contributed by atoms with Crippen LogP contribution in [0.15, 0.2) is 24.4 Å². The van der Waals surface area contributed by atoms with Gasteiger partial charge in [-0.25, -0.2) is 4.79 Å². The van der Waals surface area contributed by atoms with Crippen LogP contribution in [0.25, 0.3) is 0 Å². The lowest BCUT2D eigenvalue weighted by molar-refractivity contribution is -0.699. The molecule has 0 aromatic carbocycles. The van der Waals surface area contributed by atoms with Crippen LogP contribution in [0.4, 0.5) is 0 Å². The van der Waals surface area contributed by atoms with Crippen LogP contribution in [-0.2, 0) is 6.54 Å². The highest BCUT2D eigenvalue weighted by Gasteiger charge is 2.16. The van der Waals surface area contributed by atoms with Gasteiger partial charge in [-0.15, -0.1) is 0 Å². The number of carbonyl (C=O) groups is 1. The third-order valence-electron chi connectivity index (χ3n) is 4.91. The molecule has 3 heteroatoms. The fourth-order valence-electron chi connectivity index (χ4n) is 3.34. The third-order valence-corrected chi connectivity index (χ3v) is 4.91. The summed E-state index contributed by atoms with van der Waals surface area (Å²) < 4.78 is 1.85. The van der Waals surface area contributed by atoms with Crippen LogP contribution in [0.3, 0.4) is 0 Å². The summed E-state index contributed by atoms with van der Waals surface area (Å²) in [6, 6.07) is 5.35.